The Kier molecular flexibility index (Phi) is 5.65. The molecule has 0 unspecified atom stereocenters. The van der Waals surface area contributed by atoms with E-state index in [1.807, 2.05) is 12.1 Å². The SMILES string of the molecule is COc1ccc2nc(NC(=O)COC(=O)COc3ccccc3)sc2c1. The molecule has 0 radical (unpaired) electrons. The molecule has 7 nitrogen and oxygen atoms in total. The quantitative estimate of drug-likeness (QED) is 0.642. The Morgan fingerprint density at radius 2 is 1.88 bits per heavy atom. The summed E-state index contributed by atoms with van der Waals surface area (Å²) in [6, 6.07) is 14.3. The van der Waals surface area contributed by atoms with E-state index in [9.17, 15) is 9.59 Å². The third kappa shape index (κ3) is 4.70. The van der Waals surface area contributed by atoms with Gasteiger partial charge >= 0.3 is 5.97 Å². The van der Waals surface area contributed by atoms with Gasteiger partial charge in [0.1, 0.15) is 11.5 Å². The van der Waals surface area contributed by atoms with E-state index < -0.39 is 18.5 Å². The van der Waals surface area contributed by atoms with Gasteiger partial charge in [-0.1, -0.05) is 29.5 Å². The highest BCUT2D eigenvalue weighted by atomic mass is 32.1. The number of ether oxygens (including phenoxy) is 3. The van der Waals surface area contributed by atoms with Crippen LogP contribution in [0.4, 0.5) is 5.13 Å². The minimum absolute atomic E-state index is 0.266. The molecule has 1 heterocycles. The van der Waals surface area contributed by atoms with Crippen molar-refractivity contribution in [3.8, 4) is 11.5 Å². The predicted molar refractivity (Wildman–Crippen MR) is 97.7 cm³/mol. The number of para-hydroxylation sites is 1. The molecule has 3 rings (SSSR count). The van der Waals surface area contributed by atoms with Gasteiger partial charge in [-0.25, -0.2) is 9.78 Å². The van der Waals surface area contributed by atoms with E-state index in [2.05, 4.69) is 10.3 Å². The van der Waals surface area contributed by atoms with Gasteiger partial charge in [-0.3, -0.25) is 10.1 Å². The van der Waals surface area contributed by atoms with Crippen molar-refractivity contribution in [3.63, 3.8) is 0 Å². The molecule has 0 atom stereocenters. The molecule has 0 aliphatic heterocycles. The van der Waals surface area contributed by atoms with E-state index in [1.165, 1.54) is 11.3 Å². The highest BCUT2D eigenvalue weighted by molar-refractivity contribution is 7.22. The summed E-state index contributed by atoms with van der Waals surface area (Å²) in [6.07, 6.45) is 0. The normalized spacial score (nSPS) is 10.3. The average Bonchev–Trinajstić information content (AvgIpc) is 3.06. The second kappa shape index (κ2) is 8.30. The maximum atomic E-state index is 11.9. The first-order valence-corrected chi connectivity index (χ1v) is 8.53. The largest absolute Gasteiger partial charge is 0.497 e. The van der Waals surface area contributed by atoms with Crippen molar-refractivity contribution < 1.29 is 23.8 Å². The fourth-order valence-corrected chi connectivity index (χ4v) is 3.00. The van der Waals surface area contributed by atoms with Crippen LogP contribution in [0.15, 0.2) is 48.5 Å². The van der Waals surface area contributed by atoms with Gasteiger partial charge in [-0.05, 0) is 30.3 Å². The third-order valence-electron chi connectivity index (χ3n) is 3.31. The van der Waals surface area contributed by atoms with Gasteiger partial charge < -0.3 is 14.2 Å². The minimum Gasteiger partial charge on any atom is -0.497 e. The van der Waals surface area contributed by atoms with E-state index in [1.54, 1.807) is 43.5 Å². The van der Waals surface area contributed by atoms with Crippen molar-refractivity contribution in [2.75, 3.05) is 25.6 Å². The highest BCUT2D eigenvalue weighted by Crippen LogP contribution is 2.29. The first kappa shape index (κ1) is 17.7. The van der Waals surface area contributed by atoms with Crippen LogP contribution in [0.1, 0.15) is 0 Å². The van der Waals surface area contributed by atoms with Crippen LogP contribution in [0.3, 0.4) is 0 Å². The number of carbonyl (C=O) groups is 2. The molecular formula is C18H16N2O5S. The molecule has 26 heavy (non-hydrogen) atoms. The molecule has 0 aliphatic carbocycles. The zero-order valence-corrected chi connectivity index (χ0v) is 14.7. The van der Waals surface area contributed by atoms with Gasteiger partial charge in [0.15, 0.2) is 18.3 Å². The Labute approximate surface area is 153 Å². The van der Waals surface area contributed by atoms with E-state index in [0.29, 0.717) is 16.6 Å². The maximum Gasteiger partial charge on any atom is 0.344 e. The molecule has 1 amide bonds. The van der Waals surface area contributed by atoms with Crippen LogP contribution in [-0.2, 0) is 14.3 Å². The zero-order valence-electron chi connectivity index (χ0n) is 13.9. The number of aromatic nitrogens is 1. The molecule has 1 aromatic heterocycles. The number of nitrogens with one attached hydrogen (secondary N) is 1. The molecule has 0 bridgehead atoms. The number of methoxy groups -OCH3 is 1. The van der Waals surface area contributed by atoms with Crippen LogP contribution in [0.2, 0.25) is 0 Å². The summed E-state index contributed by atoms with van der Waals surface area (Å²) in [5.41, 5.74) is 0.749. The average molecular weight is 372 g/mol. The molecule has 0 fully saturated rings. The van der Waals surface area contributed by atoms with Gasteiger partial charge in [0, 0.05) is 0 Å². The third-order valence-corrected chi connectivity index (χ3v) is 4.24. The van der Waals surface area contributed by atoms with Crippen molar-refractivity contribution in [1.29, 1.82) is 0 Å². The van der Waals surface area contributed by atoms with E-state index in [0.717, 1.165) is 10.2 Å². The second-order valence-corrected chi connectivity index (χ2v) is 6.19. The molecule has 0 saturated carbocycles. The minimum atomic E-state index is -0.627. The lowest BCUT2D eigenvalue weighted by molar-refractivity contribution is -0.149. The molecule has 134 valence electrons. The Morgan fingerprint density at radius 3 is 2.65 bits per heavy atom. The number of rotatable bonds is 7. The number of hydrogen-bond donors (Lipinski definition) is 1. The molecule has 2 aromatic carbocycles. The number of thiazole rings is 1. The van der Waals surface area contributed by atoms with Crippen molar-refractivity contribution in [3.05, 3.63) is 48.5 Å². The monoisotopic (exact) mass is 372 g/mol. The Balaban J connectivity index is 1.47. The summed E-state index contributed by atoms with van der Waals surface area (Å²) < 4.78 is 16.2. The Hall–Kier alpha value is -3.13. The molecular weight excluding hydrogens is 356 g/mol. The van der Waals surface area contributed by atoms with Crippen LogP contribution in [0.25, 0.3) is 10.2 Å². The van der Waals surface area contributed by atoms with Crippen LogP contribution in [0.5, 0.6) is 11.5 Å². The van der Waals surface area contributed by atoms with E-state index in [4.69, 9.17) is 14.2 Å². The highest BCUT2D eigenvalue weighted by Gasteiger charge is 2.11. The number of fused-ring (bicyclic) bond motifs is 1. The van der Waals surface area contributed by atoms with Crippen molar-refractivity contribution >= 4 is 38.6 Å². The van der Waals surface area contributed by atoms with Gasteiger partial charge in [0.2, 0.25) is 0 Å². The lowest BCUT2D eigenvalue weighted by Gasteiger charge is -2.06. The maximum absolute atomic E-state index is 11.9. The number of anilines is 1. The zero-order chi connectivity index (χ0) is 18.4. The summed E-state index contributed by atoms with van der Waals surface area (Å²) in [7, 11) is 1.58. The second-order valence-electron chi connectivity index (χ2n) is 5.16. The standard InChI is InChI=1S/C18H16N2O5S/c1-23-13-7-8-14-15(9-13)26-18(19-14)20-16(21)10-25-17(22)11-24-12-5-3-2-4-6-12/h2-9H,10-11H2,1H3,(H,19,20,21). The molecule has 1 N–H and O–H groups in total. The number of amides is 1. The predicted octanol–water partition coefficient (Wildman–Crippen LogP) is 2.87. The lowest BCUT2D eigenvalue weighted by Crippen LogP contribution is -2.23. The topological polar surface area (TPSA) is 86.8 Å². The Morgan fingerprint density at radius 1 is 1.08 bits per heavy atom. The fourth-order valence-electron chi connectivity index (χ4n) is 2.09. The lowest BCUT2D eigenvalue weighted by atomic mass is 10.3. The number of benzene rings is 2. The summed E-state index contributed by atoms with van der Waals surface area (Å²) in [5.74, 6) is 0.173. The van der Waals surface area contributed by atoms with E-state index in [-0.39, 0.29) is 6.61 Å². The summed E-state index contributed by atoms with van der Waals surface area (Å²) in [5, 5.41) is 3.03. The summed E-state index contributed by atoms with van der Waals surface area (Å²) in [6.45, 7) is -0.672. The first-order valence-electron chi connectivity index (χ1n) is 7.72. The van der Waals surface area contributed by atoms with Gasteiger partial charge in [0.05, 0.1) is 17.3 Å². The molecule has 0 spiro atoms. The molecule has 3 aromatic rings. The molecule has 0 aliphatic rings. The number of hydrogen-bond acceptors (Lipinski definition) is 7. The number of carbonyl (C=O) groups excluding carboxylic acids is 2. The van der Waals surface area contributed by atoms with Gasteiger partial charge in [0.25, 0.3) is 5.91 Å². The summed E-state index contributed by atoms with van der Waals surface area (Å²) >= 11 is 1.31. The number of nitrogens with zero attached hydrogens (tertiary/aromatic N) is 1. The van der Waals surface area contributed by atoms with Crippen LogP contribution in [-0.4, -0.2) is 37.2 Å². The van der Waals surface area contributed by atoms with E-state index >= 15 is 0 Å². The first-order chi connectivity index (χ1) is 12.6. The summed E-state index contributed by atoms with van der Waals surface area (Å²) in [4.78, 5) is 27.8. The van der Waals surface area contributed by atoms with Crippen LogP contribution < -0.4 is 14.8 Å². The van der Waals surface area contributed by atoms with Crippen LogP contribution in [0, 0.1) is 0 Å². The van der Waals surface area contributed by atoms with Gasteiger partial charge in [-0.2, -0.15) is 0 Å². The molecule has 8 heteroatoms. The van der Waals surface area contributed by atoms with Crippen molar-refractivity contribution in [2.45, 2.75) is 0 Å². The van der Waals surface area contributed by atoms with Crippen LogP contribution >= 0.6 is 11.3 Å². The van der Waals surface area contributed by atoms with Crippen molar-refractivity contribution in [1.82, 2.24) is 4.98 Å². The fraction of sp³-hybridized carbons (Fsp3) is 0.167. The smallest absolute Gasteiger partial charge is 0.344 e. The van der Waals surface area contributed by atoms with Gasteiger partial charge in [-0.15, -0.1) is 0 Å². The molecule has 0 saturated heterocycles. The number of esters is 1. The van der Waals surface area contributed by atoms with Crippen molar-refractivity contribution in [2.24, 2.45) is 0 Å². The Bertz CT molecular complexity index is 910.